The van der Waals surface area contributed by atoms with Crippen molar-refractivity contribution >= 4 is 0 Å². The molecule has 0 amide bonds. The lowest BCUT2D eigenvalue weighted by molar-refractivity contribution is 0.190. The van der Waals surface area contributed by atoms with Crippen LogP contribution in [0.1, 0.15) is 64.2 Å². The minimum atomic E-state index is 0.0158. The number of allylic oxidation sites excluding steroid dienone is 4. The Bertz CT molecular complexity index is 551. The van der Waals surface area contributed by atoms with Crippen molar-refractivity contribution in [1.29, 1.82) is 0 Å². The number of terminal acetylenes is 1. The van der Waals surface area contributed by atoms with E-state index in [0.29, 0.717) is 5.41 Å². The summed E-state index contributed by atoms with van der Waals surface area (Å²) < 4.78 is 0. The van der Waals surface area contributed by atoms with Crippen molar-refractivity contribution < 1.29 is 0 Å². The van der Waals surface area contributed by atoms with Crippen LogP contribution in [0.25, 0.3) is 0 Å². The van der Waals surface area contributed by atoms with Crippen molar-refractivity contribution in [2.24, 2.45) is 11.3 Å². The Hall–Kier alpha value is -1.20. The van der Waals surface area contributed by atoms with Gasteiger partial charge in [0, 0.05) is 18.8 Å². The Labute approximate surface area is 147 Å². The average molecular weight is 325 g/mol. The fraction of sp³-hybridized carbons (Fsp3) is 0.727. The molecule has 1 saturated heterocycles. The highest BCUT2D eigenvalue weighted by atomic mass is 15.1. The molecule has 2 nitrogen and oxygen atoms in total. The van der Waals surface area contributed by atoms with Gasteiger partial charge in [-0.3, -0.25) is 0 Å². The lowest BCUT2D eigenvalue weighted by Crippen LogP contribution is -2.47. The molecule has 0 radical (unpaired) electrons. The minimum absolute atomic E-state index is 0.0158. The Morgan fingerprint density at radius 3 is 2.62 bits per heavy atom. The molecule has 130 valence electrons. The Balaban J connectivity index is 1.27. The lowest BCUT2D eigenvalue weighted by atomic mass is 9.82. The molecular formula is C22H32N2. The summed E-state index contributed by atoms with van der Waals surface area (Å²) in [6.07, 6.45) is 25.7. The van der Waals surface area contributed by atoms with E-state index in [0.717, 1.165) is 12.5 Å². The second-order valence-corrected chi connectivity index (χ2v) is 8.54. The number of rotatable bonds is 4. The summed E-state index contributed by atoms with van der Waals surface area (Å²) in [5.41, 5.74) is 2.22. The molecule has 1 unspecified atom stereocenters. The van der Waals surface area contributed by atoms with E-state index in [1.54, 1.807) is 5.70 Å². The molecule has 0 aromatic carbocycles. The number of hydrogen-bond acceptors (Lipinski definition) is 2. The first kappa shape index (κ1) is 16.3. The van der Waals surface area contributed by atoms with Gasteiger partial charge in [0.1, 0.15) is 0 Å². The van der Waals surface area contributed by atoms with Gasteiger partial charge in [-0.25, -0.2) is 0 Å². The highest BCUT2D eigenvalue weighted by molar-refractivity contribution is 5.19. The lowest BCUT2D eigenvalue weighted by Gasteiger charge is -2.37. The van der Waals surface area contributed by atoms with Crippen LogP contribution >= 0.6 is 0 Å². The molecule has 1 aliphatic heterocycles. The Kier molecular flexibility index (Phi) is 4.48. The zero-order valence-corrected chi connectivity index (χ0v) is 15.0. The molecule has 2 saturated carbocycles. The van der Waals surface area contributed by atoms with Crippen molar-refractivity contribution in [1.82, 2.24) is 10.2 Å². The second-order valence-electron chi connectivity index (χ2n) is 8.54. The van der Waals surface area contributed by atoms with Gasteiger partial charge >= 0.3 is 0 Å². The van der Waals surface area contributed by atoms with Gasteiger partial charge in [-0.2, -0.15) is 0 Å². The predicted molar refractivity (Wildman–Crippen MR) is 100 cm³/mol. The van der Waals surface area contributed by atoms with Crippen LogP contribution in [0.4, 0.5) is 0 Å². The molecule has 1 N–H and O–H groups in total. The largest absolute Gasteiger partial charge is 0.375 e. The molecule has 0 aromatic rings. The SMILES string of the molecule is C#CC1(NCC2CC23CCN(C2=CC=CCC2)CC3)CCCCC1. The topological polar surface area (TPSA) is 15.3 Å². The van der Waals surface area contributed by atoms with E-state index in [9.17, 15) is 0 Å². The van der Waals surface area contributed by atoms with Crippen LogP contribution in [-0.4, -0.2) is 30.1 Å². The summed E-state index contributed by atoms with van der Waals surface area (Å²) in [4.78, 5) is 2.64. The fourth-order valence-electron chi connectivity index (χ4n) is 5.27. The molecule has 4 rings (SSSR count). The summed E-state index contributed by atoms with van der Waals surface area (Å²) in [5.74, 6) is 3.98. The van der Waals surface area contributed by atoms with Crippen molar-refractivity contribution in [3.05, 3.63) is 23.9 Å². The van der Waals surface area contributed by atoms with Crippen LogP contribution in [0.5, 0.6) is 0 Å². The molecule has 4 aliphatic rings. The number of nitrogens with zero attached hydrogens (tertiary/aromatic N) is 1. The number of hydrogen-bond donors (Lipinski definition) is 1. The molecular weight excluding hydrogens is 292 g/mol. The van der Waals surface area contributed by atoms with Gasteiger partial charge in [0.05, 0.1) is 5.54 Å². The first-order chi connectivity index (χ1) is 11.8. The summed E-state index contributed by atoms with van der Waals surface area (Å²) in [6.45, 7) is 3.67. The standard InChI is InChI=1S/C22H32N2/c1-2-22(11-7-4-8-12-22)23-18-19-17-21(19)13-15-24(16-14-21)20-9-5-3-6-10-20/h1,3,5,9,19,23H,4,6-8,10-18H2. The molecule has 24 heavy (non-hydrogen) atoms. The highest BCUT2D eigenvalue weighted by Crippen LogP contribution is 2.59. The van der Waals surface area contributed by atoms with Crippen LogP contribution < -0.4 is 5.32 Å². The van der Waals surface area contributed by atoms with E-state index >= 15 is 0 Å². The maximum Gasteiger partial charge on any atom is 0.0798 e. The van der Waals surface area contributed by atoms with E-state index in [1.165, 1.54) is 77.3 Å². The third-order valence-corrected chi connectivity index (χ3v) is 7.19. The molecule has 1 heterocycles. The average Bonchev–Trinajstić information content (AvgIpc) is 3.34. The summed E-state index contributed by atoms with van der Waals surface area (Å²) >= 11 is 0. The van der Waals surface area contributed by atoms with E-state index in [4.69, 9.17) is 6.42 Å². The number of nitrogens with one attached hydrogen (secondary N) is 1. The van der Waals surface area contributed by atoms with Gasteiger partial charge in [0.15, 0.2) is 0 Å². The normalized spacial score (nSPS) is 30.7. The first-order valence-corrected chi connectivity index (χ1v) is 10.1. The van der Waals surface area contributed by atoms with Crippen LogP contribution in [0.3, 0.4) is 0 Å². The maximum absolute atomic E-state index is 5.88. The third-order valence-electron chi connectivity index (χ3n) is 7.19. The zero-order chi connectivity index (χ0) is 16.5. The quantitative estimate of drug-likeness (QED) is 0.778. The second kappa shape index (κ2) is 6.60. The molecule has 3 fully saturated rings. The maximum atomic E-state index is 5.88. The van der Waals surface area contributed by atoms with Crippen LogP contribution in [-0.2, 0) is 0 Å². The van der Waals surface area contributed by atoms with Crippen LogP contribution in [0.2, 0.25) is 0 Å². The van der Waals surface area contributed by atoms with E-state index < -0.39 is 0 Å². The van der Waals surface area contributed by atoms with Gasteiger partial charge < -0.3 is 10.2 Å². The van der Waals surface area contributed by atoms with Gasteiger partial charge in [0.2, 0.25) is 0 Å². The molecule has 0 bridgehead atoms. The minimum Gasteiger partial charge on any atom is -0.375 e. The Morgan fingerprint density at radius 1 is 1.17 bits per heavy atom. The molecule has 2 heteroatoms. The third kappa shape index (κ3) is 3.16. The summed E-state index contributed by atoms with van der Waals surface area (Å²) in [7, 11) is 0. The summed E-state index contributed by atoms with van der Waals surface area (Å²) in [5, 5.41) is 3.82. The number of piperidine rings is 1. The fourth-order valence-corrected chi connectivity index (χ4v) is 5.27. The monoisotopic (exact) mass is 324 g/mol. The highest BCUT2D eigenvalue weighted by Gasteiger charge is 2.54. The number of likely N-dealkylation sites (tertiary alicyclic amines) is 1. The molecule has 0 aromatic heterocycles. The smallest absolute Gasteiger partial charge is 0.0798 e. The van der Waals surface area contributed by atoms with Gasteiger partial charge in [-0.05, 0) is 68.9 Å². The molecule has 3 aliphatic carbocycles. The van der Waals surface area contributed by atoms with E-state index in [-0.39, 0.29) is 5.54 Å². The molecule has 1 atom stereocenters. The van der Waals surface area contributed by atoms with Crippen molar-refractivity contribution in [3.63, 3.8) is 0 Å². The van der Waals surface area contributed by atoms with Crippen LogP contribution in [0, 0.1) is 23.7 Å². The first-order valence-electron chi connectivity index (χ1n) is 10.1. The van der Waals surface area contributed by atoms with E-state index in [2.05, 4.69) is 34.4 Å². The predicted octanol–water partition coefficient (Wildman–Crippen LogP) is 4.25. The van der Waals surface area contributed by atoms with Gasteiger partial charge in [-0.15, -0.1) is 6.42 Å². The van der Waals surface area contributed by atoms with Gasteiger partial charge in [-0.1, -0.05) is 37.3 Å². The van der Waals surface area contributed by atoms with Crippen molar-refractivity contribution in [2.45, 2.75) is 69.7 Å². The van der Waals surface area contributed by atoms with Gasteiger partial charge in [0.25, 0.3) is 0 Å². The van der Waals surface area contributed by atoms with Crippen molar-refractivity contribution in [3.8, 4) is 12.3 Å². The Morgan fingerprint density at radius 2 is 1.96 bits per heavy atom. The van der Waals surface area contributed by atoms with Crippen LogP contribution in [0.15, 0.2) is 23.9 Å². The molecule has 1 spiro atoms. The van der Waals surface area contributed by atoms with Crippen molar-refractivity contribution in [2.75, 3.05) is 19.6 Å². The zero-order valence-electron chi connectivity index (χ0n) is 15.0. The summed E-state index contributed by atoms with van der Waals surface area (Å²) in [6, 6.07) is 0. The van der Waals surface area contributed by atoms with E-state index in [1.807, 2.05) is 0 Å².